The molecular weight excluding hydrogens is 208 g/mol. The van der Waals surface area contributed by atoms with Crippen LogP contribution in [0.3, 0.4) is 0 Å². The molecular formula is C15H32N2. The fourth-order valence-corrected chi connectivity index (χ4v) is 2.78. The molecule has 1 heterocycles. The summed E-state index contributed by atoms with van der Waals surface area (Å²) in [6, 6.07) is 1.40. The van der Waals surface area contributed by atoms with Gasteiger partial charge in [0, 0.05) is 25.2 Å². The number of hydrogen-bond donors (Lipinski definition) is 1. The Morgan fingerprint density at radius 1 is 1.18 bits per heavy atom. The molecule has 1 rings (SSSR count). The Hall–Kier alpha value is -0.0800. The number of nitrogens with zero attached hydrogens (tertiary/aromatic N) is 1. The molecule has 2 unspecified atom stereocenters. The maximum absolute atomic E-state index is 3.61. The first-order valence-corrected chi connectivity index (χ1v) is 7.48. The summed E-state index contributed by atoms with van der Waals surface area (Å²) in [5.74, 6) is 1.62. The average Bonchev–Trinajstić information content (AvgIpc) is 2.23. The highest BCUT2D eigenvalue weighted by molar-refractivity contribution is 4.85. The van der Waals surface area contributed by atoms with Crippen LogP contribution in [0.2, 0.25) is 0 Å². The van der Waals surface area contributed by atoms with Crippen molar-refractivity contribution in [3.63, 3.8) is 0 Å². The average molecular weight is 240 g/mol. The Morgan fingerprint density at radius 3 is 2.47 bits per heavy atom. The van der Waals surface area contributed by atoms with Gasteiger partial charge in [0.1, 0.15) is 0 Å². The van der Waals surface area contributed by atoms with Crippen molar-refractivity contribution in [2.75, 3.05) is 19.6 Å². The quantitative estimate of drug-likeness (QED) is 0.718. The summed E-state index contributed by atoms with van der Waals surface area (Å²) in [5.41, 5.74) is 0. The Labute approximate surface area is 108 Å². The maximum Gasteiger partial charge on any atom is 0.0244 e. The molecule has 1 fully saturated rings. The van der Waals surface area contributed by atoms with Crippen molar-refractivity contribution in [2.24, 2.45) is 11.8 Å². The van der Waals surface area contributed by atoms with Crippen LogP contribution in [0.15, 0.2) is 0 Å². The number of nitrogens with one attached hydrogen (secondary N) is 1. The largest absolute Gasteiger partial charge is 0.311 e. The van der Waals surface area contributed by atoms with Gasteiger partial charge in [-0.05, 0) is 31.7 Å². The second-order valence-electron chi connectivity index (χ2n) is 6.51. The molecule has 2 atom stereocenters. The molecule has 1 N–H and O–H groups in total. The summed E-state index contributed by atoms with van der Waals surface area (Å²) >= 11 is 0. The second kappa shape index (κ2) is 7.38. The van der Waals surface area contributed by atoms with E-state index in [1.165, 1.54) is 38.9 Å². The van der Waals surface area contributed by atoms with Gasteiger partial charge in [-0.25, -0.2) is 0 Å². The van der Waals surface area contributed by atoms with Crippen LogP contribution in [0, 0.1) is 11.8 Å². The third kappa shape index (κ3) is 5.39. The summed E-state index contributed by atoms with van der Waals surface area (Å²) in [6.07, 6.45) is 4.14. The van der Waals surface area contributed by atoms with Crippen molar-refractivity contribution >= 4 is 0 Å². The smallest absolute Gasteiger partial charge is 0.0244 e. The minimum Gasteiger partial charge on any atom is -0.311 e. The van der Waals surface area contributed by atoms with E-state index in [2.05, 4.69) is 44.8 Å². The van der Waals surface area contributed by atoms with E-state index in [4.69, 9.17) is 0 Å². The molecule has 0 radical (unpaired) electrons. The van der Waals surface area contributed by atoms with Crippen LogP contribution in [0.5, 0.6) is 0 Å². The van der Waals surface area contributed by atoms with Gasteiger partial charge in [-0.1, -0.05) is 40.5 Å². The van der Waals surface area contributed by atoms with E-state index in [0.29, 0.717) is 6.04 Å². The van der Waals surface area contributed by atoms with Gasteiger partial charge in [0.2, 0.25) is 0 Å². The first-order chi connectivity index (χ1) is 8.00. The molecule has 1 aliphatic rings. The summed E-state index contributed by atoms with van der Waals surface area (Å²) in [4.78, 5) is 2.71. The van der Waals surface area contributed by atoms with Crippen molar-refractivity contribution in [1.29, 1.82) is 0 Å². The zero-order chi connectivity index (χ0) is 12.8. The van der Waals surface area contributed by atoms with Gasteiger partial charge in [0.05, 0.1) is 0 Å². The Kier molecular flexibility index (Phi) is 6.50. The van der Waals surface area contributed by atoms with Gasteiger partial charge in [0.15, 0.2) is 0 Å². The molecule has 1 saturated heterocycles. The van der Waals surface area contributed by atoms with Gasteiger partial charge in [-0.2, -0.15) is 0 Å². The lowest BCUT2D eigenvalue weighted by molar-refractivity contribution is 0.101. The molecule has 0 aliphatic carbocycles. The van der Waals surface area contributed by atoms with Crippen LogP contribution in [-0.2, 0) is 0 Å². The first kappa shape index (κ1) is 15.0. The van der Waals surface area contributed by atoms with Crippen molar-refractivity contribution < 1.29 is 0 Å². The molecule has 0 bridgehead atoms. The molecule has 0 spiro atoms. The third-order valence-corrected chi connectivity index (χ3v) is 3.90. The standard InChI is InChI=1S/C15H32N2/c1-12(2)8-6-7-9-17-11-14(5)16-10-15(17)13(3)4/h12-16H,6-11H2,1-5H3. The fourth-order valence-electron chi connectivity index (χ4n) is 2.78. The van der Waals surface area contributed by atoms with Crippen molar-refractivity contribution in [1.82, 2.24) is 10.2 Å². The highest BCUT2D eigenvalue weighted by Crippen LogP contribution is 2.16. The summed E-state index contributed by atoms with van der Waals surface area (Å²) in [7, 11) is 0. The summed E-state index contributed by atoms with van der Waals surface area (Å²) in [5, 5.41) is 3.61. The van der Waals surface area contributed by atoms with Crippen LogP contribution < -0.4 is 5.32 Å². The molecule has 0 aromatic rings. The molecule has 2 nitrogen and oxygen atoms in total. The topological polar surface area (TPSA) is 15.3 Å². The van der Waals surface area contributed by atoms with Crippen molar-refractivity contribution in [3.8, 4) is 0 Å². The summed E-state index contributed by atoms with van der Waals surface area (Å²) < 4.78 is 0. The zero-order valence-electron chi connectivity index (χ0n) is 12.5. The second-order valence-corrected chi connectivity index (χ2v) is 6.51. The van der Waals surface area contributed by atoms with E-state index in [0.717, 1.165) is 17.9 Å². The van der Waals surface area contributed by atoms with E-state index in [1.54, 1.807) is 0 Å². The molecule has 1 aliphatic heterocycles. The number of rotatable bonds is 6. The van der Waals surface area contributed by atoms with Gasteiger partial charge >= 0.3 is 0 Å². The van der Waals surface area contributed by atoms with Crippen molar-refractivity contribution in [3.05, 3.63) is 0 Å². The Bertz CT molecular complexity index is 201. The molecule has 0 aromatic heterocycles. The molecule has 0 amide bonds. The number of unbranched alkanes of at least 4 members (excludes halogenated alkanes) is 1. The van der Waals surface area contributed by atoms with Crippen molar-refractivity contribution in [2.45, 2.75) is 66.0 Å². The Morgan fingerprint density at radius 2 is 1.88 bits per heavy atom. The zero-order valence-corrected chi connectivity index (χ0v) is 12.5. The highest BCUT2D eigenvalue weighted by Gasteiger charge is 2.27. The molecule has 0 saturated carbocycles. The number of hydrogen-bond acceptors (Lipinski definition) is 2. The van der Waals surface area contributed by atoms with Crippen LogP contribution in [-0.4, -0.2) is 36.6 Å². The van der Waals surface area contributed by atoms with E-state index < -0.39 is 0 Å². The maximum atomic E-state index is 3.61. The minimum absolute atomic E-state index is 0.662. The van der Waals surface area contributed by atoms with Crippen LogP contribution >= 0.6 is 0 Å². The highest BCUT2D eigenvalue weighted by atomic mass is 15.2. The van der Waals surface area contributed by atoms with E-state index in [-0.39, 0.29) is 0 Å². The van der Waals surface area contributed by atoms with Crippen LogP contribution in [0.1, 0.15) is 53.9 Å². The predicted molar refractivity (Wildman–Crippen MR) is 76.4 cm³/mol. The molecule has 0 aromatic carbocycles. The van der Waals surface area contributed by atoms with Crippen LogP contribution in [0.25, 0.3) is 0 Å². The van der Waals surface area contributed by atoms with Gasteiger partial charge in [-0.15, -0.1) is 0 Å². The lowest BCUT2D eigenvalue weighted by Crippen LogP contribution is -2.57. The molecule has 17 heavy (non-hydrogen) atoms. The minimum atomic E-state index is 0.662. The van der Waals surface area contributed by atoms with Gasteiger partial charge in [0.25, 0.3) is 0 Å². The monoisotopic (exact) mass is 240 g/mol. The third-order valence-electron chi connectivity index (χ3n) is 3.90. The number of piperazine rings is 1. The lowest BCUT2D eigenvalue weighted by atomic mass is 9.98. The van der Waals surface area contributed by atoms with E-state index >= 15 is 0 Å². The fraction of sp³-hybridized carbons (Fsp3) is 1.00. The summed E-state index contributed by atoms with van der Waals surface area (Å²) in [6.45, 7) is 15.3. The lowest BCUT2D eigenvalue weighted by Gasteiger charge is -2.41. The SMILES string of the molecule is CC(C)CCCCN1CC(C)NCC1C(C)C. The van der Waals surface area contributed by atoms with Gasteiger partial charge in [-0.3, -0.25) is 4.90 Å². The molecule has 102 valence electrons. The van der Waals surface area contributed by atoms with E-state index in [9.17, 15) is 0 Å². The Balaban J connectivity index is 2.31. The van der Waals surface area contributed by atoms with Crippen LogP contribution in [0.4, 0.5) is 0 Å². The predicted octanol–water partition coefficient (Wildman–Crippen LogP) is 3.13. The van der Waals surface area contributed by atoms with Gasteiger partial charge < -0.3 is 5.32 Å². The van der Waals surface area contributed by atoms with E-state index in [1.807, 2.05) is 0 Å². The normalized spacial score (nSPS) is 27.0. The first-order valence-electron chi connectivity index (χ1n) is 7.48. The molecule has 2 heteroatoms.